The molecule has 1 aliphatic heterocycles. The lowest BCUT2D eigenvalue weighted by Crippen LogP contribution is -2.43. The van der Waals surface area contributed by atoms with E-state index in [0.29, 0.717) is 5.69 Å². The van der Waals surface area contributed by atoms with Crippen LogP contribution in [-0.4, -0.2) is 29.3 Å². The average Bonchev–Trinajstić information content (AvgIpc) is 2.38. The number of nitrogens with zero attached hydrogens (tertiary/aromatic N) is 1. The first kappa shape index (κ1) is 13.2. The van der Waals surface area contributed by atoms with E-state index in [4.69, 9.17) is 18.0 Å². The Balaban J connectivity index is 2.42. The molecule has 0 aliphatic carbocycles. The number of rotatable bonds is 3. The molecular formula is C13H17FN2OS. The molecule has 3 N–H and O–H groups in total. The van der Waals surface area contributed by atoms with Gasteiger partial charge in [-0.15, -0.1) is 0 Å². The van der Waals surface area contributed by atoms with E-state index in [1.54, 1.807) is 6.07 Å². The van der Waals surface area contributed by atoms with Crippen molar-refractivity contribution in [1.29, 1.82) is 0 Å². The molecule has 5 heteroatoms. The van der Waals surface area contributed by atoms with E-state index in [-0.39, 0.29) is 23.2 Å². The SMILES string of the molecule is NC(=S)c1c(F)cccc1N1CCCCC1CO. The molecule has 0 radical (unpaired) electrons. The number of aliphatic hydroxyl groups is 1. The van der Waals surface area contributed by atoms with Crippen LogP contribution >= 0.6 is 12.2 Å². The predicted molar refractivity (Wildman–Crippen MR) is 74.4 cm³/mol. The van der Waals surface area contributed by atoms with Crippen LogP contribution in [0.4, 0.5) is 10.1 Å². The van der Waals surface area contributed by atoms with E-state index in [0.717, 1.165) is 25.8 Å². The predicted octanol–water partition coefficient (Wildman–Crippen LogP) is 1.81. The molecule has 2 rings (SSSR count). The monoisotopic (exact) mass is 268 g/mol. The van der Waals surface area contributed by atoms with Crippen molar-refractivity contribution >= 4 is 22.9 Å². The molecule has 1 saturated heterocycles. The summed E-state index contributed by atoms with van der Waals surface area (Å²) < 4.78 is 13.8. The van der Waals surface area contributed by atoms with E-state index >= 15 is 0 Å². The molecule has 1 unspecified atom stereocenters. The Kier molecular flexibility index (Phi) is 4.14. The van der Waals surface area contributed by atoms with Gasteiger partial charge < -0.3 is 15.7 Å². The fourth-order valence-electron chi connectivity index (χ4n) is 2.50. The van der Waals surface area contributed by atoms with Crippen LogP contribution < -0.4 is 10.6 Å². The summed E-state index contributed by atoms with van der Waals surface area (Å²) in [6.07, 6.45) is 3.02. The van der Waals surface area contributed by atoms with Gasteiger partial charge in [-0.3, -0.25) is 0 Å². The number of aliphatic hydroxyl groups excluding tert-OH is 1. The van der Waals surface area contributed by atoms with Gasteiger partial charge in [0.2, 0.25) is 0 Å². The third kappa shape index (κ3) is 2.47. The fourth-order valence-corrected chi connectivity index (χ4v) is 2.71. The highest BCUT2D eigenvalue weighted by atomic mass is 32.1. The third-order valence-electron chi connectivity index (χ3n) is 3.39. The van der Waals surface area contributed by atoms with Crippen molar-refractivity contribution in [3.05, 3.63) is 29.6 Å². The summed E-state index contributed by atoms with van der Waals surface area (Å²) in [7, 11) is 0. The first-order valence-corrected chi connectivity index (χ1v) is 6.51. The average molecular weight is 268 g/mol. The molecule has 0 bridgehead atoms. The Morgan fingerprint density at radius 1 is 1.50 bits per heavy atom. The fraction of sp³-hybridized carbons (Fsp3) is 0.462. The van der Waals surface area contributed by atoms with Gasteiger partial charge in [0.1, 0.15) is 10.8 Å². The molecule has 98 valence electrons. The molecule has 3 nitrogen and oxygen atoms in total. The van der Waals surface area contributed by atoms with Crippen LogP contribution in [-0.2, 0) is 0 Å². The van der Waals surface area contributed by atoms with Crippen molar-refractivity contribution in [2.75, 3.05) is 18.1 Å². The minimum Gasteiger partial charge on any atom is -0.394 e. The lowest BCUT2D eigenvalue weighted by Gasteiger charge is -2.37. The summed E-state index contributed by atoms with van der Waals surface area (Å²) in [4.78, 5) is 2.08. The summed E-state index contributed by atoms with van der Waals surface area (Å²) in [5.41, 5.74) is 6.59. The number of hydrogen-bond donors (Lipinski definition) is 2. The quantitative estimate of drug-likeness (QED) is 0.821. The molecule has 0 saturated carbocycles. The van der Waals surface area contributed by atoms with E-state index in [2.05, 4.69) is 0 Å². The Bertz CT molecular complexity index is 453. The number of anilines is 1. The molecule has 18 heavy (non-hydrogen) atoms. The number of benzene rings is 1. The molecule has 1 atom stereocenters. The molecule has 0 spiro atoms. The van der Waals surface area contributed by atoms with Crippen LogP contribution in [0.5, 0.6) is 0 Å². The molecule has 1 aliphatic rings. The second kappa shape index (κ2) is 5.63. The number of piperidine rings is 1. The van der Waals surface area contributed by atoms with Gasteiger partial charge in [0, 0.05) is 6.54 Å². The van der Waals surface area contributed by atoms with Gasteiger partial charge in [-0.25, -0.2) is 4.39 Å². The minimum absolute atomic E-state index is 0.0219. The highest BCUT2D eigenvalue weighted by molar-refractivity contribution is 7.80. The van der Waals surface area contributed by atoms with Crippen molar-refractivity contribution in [3.8, 4) is 0 Å². The van der Waals surface area contributed by atoms with Crippen LogP contribution in [0, 0.1) is 5.82 Å². The van der Waals surface area contributed by atoms with E-state index < -0.39 is 5.82 Å². The highest BCUT2D eigenvalue weighted by Crippen LogP contribution is 2.29. The first-order chi connectivity index (χ1) is 8.65. The molecular weight excluding hydrogens is 251 g/mol. The summed E-state index contributed by atoms with van der Waals surface area (Å²) in [5.74, 6) is -0.401. The normalized spacial score (nSPS) is 19.9. The number of nitrogens with two attached hydrogens (primary N) is 1. The van der Waals surface area contributed by atoms with Crippen LogP contribution in [0.2, 0.25) is 0 Å². The van der Waals surface area contributed by atoms with Crippen molar-refractivity contribution in [2.45, 2.75) is 25.3 Å². The van der Waals surface area contributed by atoms with E-state index in [9.17, 15) is 9.50 Å². The lowest BCUT2D eigenvalue weighted by atomic mass is 10.00. The smallest absolute Gasteiger partial charge is 0.135 e. The van der Waals surface area contributed by atoms with Gasteiger partial charge in [-0.2, -0.15) is 0 Å². The van der Waals surface area contributed by atoms with Gasteiger partial charge in [-0.1, -0.05) is 18.3 Å². The molecule has 1 aromatic rings. The topological polar surface area (TPSA) is 49.5 Å². The zero-order valence-electron chi connectivity index (χ0n) is 10.1. The summed E-state index contributed by atoms with van der Waals surface area (Å²) in [5, 5.41) is 9.42. The number of hydrogen-bond acceptors (Lipinski definition) is 3. The van der Waals surface area contributed by atoms with Gasteiger partial charge in [0.05, 0.1) is 23.9 Å². The lowest BCUT2D eigenvalue weighted by molar-refractivity contribution is 0.240. The van der Waals surface area contributed by atoms with Crippen LogP contribution in [0.3, 0.4) is 0 Å². The maximum atomic E-state index is 13.8. The van der Waals surface area contributed by atoms with Crippen molar-refractivity contribution in [3.63, 3.8) is 0 Å². The van der Waals surface area contributed by atoms with Crippen LogP contribution in [0.15, 0.2) is 18.2 Å². The molecule has 0 amide bonds. The maximum Gasteiger partial charge on any atom is 0.135 e. The Labute approximate surface area is 111 Å². The van der Waals surface area contributed by atoms with Gasteiger partial charge in [-0.05, 0) is 31.4 Å². The standard InChI is InChI=1S/C13H17FN2OS/c14-10-5-3-6-11(12(10)13(15)18)16-7-2-1-4-9(16)8-17/h3,5-6,9,17H,1-2,4,7-8H2,(H2,15,18). The Morgan fingerprint density at radius 3 is 2.94 bits per heavy atom. The molecule has 1 heterocycles. The van der Waals surface area contributed by atoms with E-state index in [1.165, 1.54) is 6.07 Å². The largest absolute Gasteiger partial charge is 0.394 e. The number of thiocarbonyl (C=S) groups is 1. The maximum absolute atomic E-state index is 13.8. The molecule has 1 fully saturated rings. The zero-order chi connectivity index (χ0) is 13.1. The minimum atomic E-state index is -0.401. The number of halogens is 1. The van der Waals surface area contributed by atoms with Crippen molar-refractivity contribution in [1.82, 2.24) is 0 Å². The Hall–Kier alpha value is -1.20. The van der Waals surface area contributed by atoms with Crippen molar-refractivity contribution in [2.24, 2.45) is 5.73 Å². The first-order valence-electron chi connectivity index (χ1n) is 6.11. The Morgan fingerprint density at radius 2 is 2.28 bits per heavy atom. The summed E-state index contributed by atoms with van der Waals surface area (Å²) in [6.45, 7) is 0.859. The molecule has 0 aromatic heterocycles. The highest BCUT2D eigenvalue weighted by Gasteiger charge is 2.25. The summed E-state index contributed by atoms with van der Waals surface area (Å²) >= 11 is 4.93. The molecule has 1 aromatic carbocycles. The van der Waals surface area contributed by atoms with E-state index in [1.807, 2.05) is 11.0 Å². The van der Waals surface area contributed by atoms with Crippen LogP contribution in [0.1, 0.15) is 24.8 Å². The second-order valence-corrected chi connectivity index (χ2v) is 4.96. The van der Waals surface area contributed by atoms with Crippen molar-refractivity contribution < 1.29 is 9.50 Å². The van der Waals surface area contributed by atoms with Gasteiger partial charge in [0.15, 0.2) is 0 Å². The zero-order valence-corrected chi connectivity index (χ0v) is 10.9. The third-order valence-corrected chi connectivity index (χ3v) is 3.59. The summed E-state index contributed by atoms with van der Waals surface area (Å²) in [6, 6.07) is 4.84. The van der Waals surface area contributed by atoms with Gasteiger partial charge >= 0.3 is 0 Å². The second-order valence-electron chi connectivity index (χ2n) is 4.52. The van der Waals surface area contributed by atoms with Crippen LogP contribution in [0.25, 0.3) is 0 Å². The van der Waals surface area contributed by atoms with Gasteiger partial charge in [0.25, 0.3) is 0 Å².